The van der Waals surface area contributed by atoms with Crippen LogP contribution >= 0.6 is 23.2 Å². The summed E-state index contributed by atoms with van der Waals surface area (Å²) in [5.41, 5.74) is 1.34. The van der Waals surface area contributed by atoms with Crippen molar-refractivity contribution in [2.75, 3.05) is 0 Å². The summed E-state index contributed by atoms with van der Waals surface area (Å²) in [7, 11) is 0. The molecule has 0 heterocycles. The van der Waals surface area contributed by atoms with Gasteiger partial charge < -0.3 is 15.5 Å². The van der Waals surface area contributed by atoms with E-state index in [9.17, 15) is 9.90 Å². The molecule has 0 bridgehead atoms. The quantitative estimate of drug-likeness (QED) is 0.726. The Balaban J connectivity index is 2.34. The number of nitrogens with one attached hydrogen (secondary N) is 1. The molecule has 1 aliphatic carbocycles. The number of aliphatic hydroxyl groups is 1. The molecule has 1 amide bonds. The van der Waals surface area contributed by atoms with Crippen LogP contribution in [0.2, 0.25) is 10.0 Å². The summed E-state index contributed by atoms with van der Waals surface area (Å²) in [6.07, 6.45) is -1.70. The smallest absolute Gasteiger partial charge is 0.404 e. The predicted octanol–water partition coefficient (Wildman–Crippen LogP) is 2.22. The van der Waals surface area contributed by atoms with Crippen LogP contribution in [0.1, 0.15) is 17.2 Å². The highest BCUT2D eigenvalue weighted by Gasteiger charge is 2.34. The Morgan fingerprint density at radius 1 is 1.44 bits per heavy atom. The van der Waals surface area contributed by atoms with E-state index < -0.39 is 18.2 Å². The molecule has 0 aromatic heterocycles. The molecule has 6 heteroatoms. The van der Waals surface area contributed by atoms with Crippen molar-refractivity contribution in [1.29, 1.82) is 0 Å². The average molecular weight is 262 g/mol. The first-order valence-corrected chi connectivity index (χ1v) is 5.40. The number of halogens is 2. The highest BCUT2D eigenvalue weighted by molar-refractivity contribution is 6.35. The van der Waals surface area contributed by atoms with E-state index in [1.54, 1.807) is 6.07 Å². The molecule has 0 radical (unpaired) electrons. The number of aliphatic hydroxyl groups excluding tert-OH is 1. The summed E-state index contributed by atoms with van der Waals surface area (Å²) in [6, 6.07) is 2.66. The van der Waals surface area contributed by atoms with Crippen LogP contribution in [0, 0.1) is 0 Å². The molecule has 0 aliphatic heterocycles. The number of hydrogen-bond acceptors (Lipinski definition) is 2. The number of hydrogen-bond donors (Lipinski definition) is 3. The molecule has 1 aromatic rings. The minimum atomic E-state index is -1.17. The van der Waals surface area contributed by atoms with Gasteiger partial charge in [-0.2, -0.15) is 0 Å². The van der Waals surface area contributed by atoms with Gasteiger partial charge in [-0.15, -0.1) is 0 Å². The summed E-state index contributed by atoms with van der Waals surface area (Å²) in [6.45, 7) is 0. The molecule has 2 rings (SSSR count). The van der Waals surface area contributed by atoms with E-state index in [0.717, 1.165) is 5.56 Å². The summed E-state index contributed by atoms with van der Waals surface area (Å²) in [5, 5.41) is 21.6. The molecular formula is C10H9Cl2NO3. The highest BCUT2D eigenvalue weighted by Crippen LogP contribution is 2.38. The van der Waals surface area contributed by atoms with Crippen molar-refractivity contribution in [2.24, 2.45) is 0 Å². The van der Waals surface area contributed by atoms with Gasteiger partial charge >= 0.3 is 6.09 Å². The van der Waals surface area contributed by atoms with Gasteiger partial charge in [-0.3, -0.25) is 0 Å². The molecule has 0 spiro atoms. The topological polar surface area (TPSA) is 69.6 Å². The van der Waals surface area contributed by atoms with E-state index in [0.29, 0.717) is 22.0 Å². The normalized spacial score (nSPS) is 22.9. The zero-order chi connectivity index (χ0) is 11.9. The SMILES string of the molecule is O=C(O)N[C@@H]1Cc2cc(Cl)cc(Cl)c2[C@@H]1O. The third kappa shape index (κ3) is 1.96. The fraction of sp³-hybridized carbons (Fsp3) is 0.300. The second kappa shape index (κ2) is 4.13. The van der Waals surface area contributed by atoms with E-state index in [1.165, 1.54) is 6.07 Å². The lowest BCUT2D eigenvalue weighted by Crippen LogP contribution is -2.36. The van der Waals surface area contributed by atoms with Crippen molar-refractivity contribution in [3.05, 3.63) is 33.3 Å². The van der Waals surface area contributed by atoms with Crippen LogP contribution in [0.3, 0.4) is 0 Å². The lowest BCUT2D eigenvalue weighted by Gasteiger charge is -2.14. The molecule has 0 fully saturated rings. The molecular weight excluding hydrogens is 253 g/mol. The van der Waals surface area contributed by atoms with Crippen LogP contribution < -0.4 is 5.32 Å². The number of amides is 1. The zero-order valence-corrected chi connectivity index (χ0v) is 9.59. The second-order valence-corrected chi connectivity index (χ2v) is 4.51. The molecule has 4 nitrogen and oxygen atoms in total. The van der Waals surface area contributed by atoms with Gasteiger partial charge in [-0.25, -0.2) is 4.79 Å². The Kier molecular flexibility index (Phi) is 2.97. The largest absolute Gasteiger partial charge is 0.465 e. The molecule has 0 saturated heterocycles. The summed E-state index contributed by atoms with van der Waals surface area (Å²) in [5.74, 6) is 0. The summed E-state index contributed by atoms with van der Waals surface area (Å²) in [4.78, 5) is 10.5. The lowest BCUT2D eigenvalue weighted by atomic mass is 10.1. The first-order valence-electron chi connectivity index (χ1n) is 4.64. The lowest BCUT2D eigenvalue weighted by molar-refractivity contribution is 0.131. The maximum atomic E-state index is 10.5. The Bertz CT molecular complexity index is 450. The molecule has 16 heavy (non-hydrogen) atoms. The van der Waals surface area contributed by atoms with Crippen molar-refractivity contribution in [1.82, 2.24) is 5.32 Å². The van der Waals surface area contributed by atoms with Crippen LogP contribution in [0.25, 0.3) is 0 Å². The molecule has 2 atom stereocenters. The molecule has 3 N–H and O–H groups in total. The third-order valence-corrected chi connectivity index (χ3v) is 3.14. The fourth-order valence-electron chi connectivity index (χ4n) is 1.98. The van der Waals surface area contributed by atoms with Crippen LogP contribution in [-0.4, -0.2) is 22.3 Å². The Labute approximate surface area is 102 Å². The van der Waals surface area contributed by atoms with Gasteiger partial charge in [0.1, 0.15) is 6.10 Å². The van der Waals surface area contributed by atoms with Gasteiger partial charge in [0.05, 0.1) is 6.04 Å². The zero-order valence-electron chi connectivity index (χ0n) is 8.08. The van der Waals surface area contributed by atoms with Gasteiger partial charge in [0.2, 0.25) is 0 Å². The van der Waals surface area contributed by atoms with Gasteiger partial charge in [0.25, 0.3) is 0 Å². The molecule has 0 saturated carbocycles. The first-order chi connectivity index (χ1) is 7.49. The number of carboxylic acid groups (broad SMARTS) is 1. The van der Waals surface area contributed by atoms with Crippen molar-refractivity contribution in [3.63, 3.8) is 0 Å². The summed E-state index contributed by atoms with van der Waals surface area (Å²) >= 11 is 11.8. The molecule has 86 valence electrons. The van der Waals surface area contributed by atoms with E-state index in [2.05, 4.69) is 5.32 Å². The monoisotopic (exact) mass is 261 g/mol. The maximum absolute atomic E-state index is 10.5. The van der Waals surface area contributed by atoms with E-state index in [4.69, 9.17) is 28.3 Å². The van der Waals surface area contributed by atoms with Crippen LogP contribution in [0.5, 0.6) is 0 Å². The van der Waals surface area contributed by atoms with E-state index >= 15 is 0 Å². The first kappa shape index (κ1) is 11.5. The number of fused-ring (bicyclic) bond motifs is 1. The van der Waals surface area contributed by atoms with Crippen molar-refractivity contribution < 1.29 is 15.0 Å². The molecule has 1 aromatic carbocycles. The number of rotatable bonds is 1. The van der Waals surface area contributed by atoms with Crippen molar-refractivity contribution >= 4 is 29.3 Å². The number of carbonyl (C=O) groups is 1. The van der Waals surface area contributed by atoms with Crippen LogP contribution in [0.15, 0.2) is 12.1 Å². The fourth-order valence-corrected chi connectivity index (χ4v) is 2.62. The summed E-state index contributed by atoms with van der Waals surface area (Å²) < 4.78 is 0. The van der Waals surface area contributed by atoms with Gasteiger partial charge in [0, 0.05) is 15.6 Å². The Hall–Kier alpha value is -0.970. The van der Waals surface area contributed by atoms with Gasteiger partial charge in [0.15, 0.2) is 0 Å². The van der Waals surface area contributed by atoms with E-state index in [-0.39, 0.29) is 0 Å². The minimum absolute atomic E-state index is 0.365. The highest BCUT2D eigenvalue weighted by atomic mass is 35.5. The predicted molar refractivity (Wildman–Crippen MR) is 60.1 cm³/mol. The van der Waals surface area contributed by atoms with Gasteiger partial charge in [-0.05, 0) is 24.1 Å². The maximum Gasteiger partial charge on any atom is 0.404 e. The standard InChI is InChI=1S/C10H9Cl2NO3/c11-5-1-4-2-7(13-10(15)16)9(14)8(4)6(12)3-5/h1,3,7,9,13-14H,2H2,(H,15,16)/t7-,9-/m1/s1. The average Bonchev–Trinajstić information content (AvgIpc) is 2.41. The van der Waals surface area contributed by atoms with E-state index in [1.807, 2.05) is 0 Å². The molecule has 0 unspecified atom stereocenters. The number of benzene rings is 1. The second-order valence-electron chi connectivity index (χ2n) is 3.67. The van der Waals surface area contributed by atoms with Crippen LogP contribution in [-0.2, 0) is 6.42 Å². The third-order valence-electron chi connectivity index (χ3n) is 2.61. The van der Waals surface area contributed by atoms with Crippen molar-refractivity contribution in [3.8, 4) is 0 Å². The van der Waals surface area contributed by atoms with Gasteiger partial charge in [-0.1, -0.05) is 23.2 Å². The van der Waals surface area contributed by atoms with Crippen LogP contribution in [0.4, 0.5) is 4.79 Å². The molecule has 1 aliphatic rings. The minimum Gasteiger partial charge on any atom is -0.465 e. The van der Waals surface area contributed by atoms with Crippen molar-refractivity contribution in [2.45, 2.75) is 18.6 Å². The Morgan fingerprint density at radius 2 is 2.12 bits per heavy atom. The Morgan fingerprint density at radius 3 is 2.75 bits per heavy atom.